The van der Waals surface area contributed by atoms with Gasteiger partial charge in [-0.05, 0) is 23.9 Å². The van der Waals surface area contributed by atoms with Crippen molar-refractivity contribution in [3.05, 3.63) is 42.1 Å². The SMILES string of the molecule is Nc1nc(-c2cncnc2)cc2c1C(C=O)NC=C2. The second kappa shape index (κ2) is 4.49. The Morgan fingerprint density at radius 2 is 2.11 bits per heavy atom. The first kappa shape index (κ1) is 11.3. The number of anilines is 1. The number of carbonyl (C=O) groups excluding carboxylic acids is 1. The highest BCUT2D eigenvalue weighted by atomic mass is 16.1. The van der Waals surface area contributed by atoms with Crippen LogP contribution in [0.2, 0.25) is 0 Å². The maximum atomic E-state index is 11.0. The third-order valence-corrected chi connectivity index (χ3v) is 2.96. The third-order valence-electron chi connectivity index (χ3n) is 2.96. The van der Waals surface area contributed by atoms with Crippen molar-refractivity contribution in [2.45, 2.75) is 6.04 Å². The number of nitrogens with two attached hydrogens (primary N) is 1. The van der Waals surface area contributed by atoms with Gasteiger partial charge in [0.05, 0.1) is 5.69 Å². The smallest absolute Gasteiger partial charge is 0.146 e. The Morgan fingerprint density at radius 3 is 2.84 bits per heavy atom. The maximum absolute atomic E-state index is 11.0. The van der Waals surface area contributed by atoms with Crippen LogP contribution in [0.5, 0.6) is 0 Å². The minimum absolute atomic E-state index is 0.338. The van der Waals surface area contributed by atoms with Gasteiger partial charge in [-0.3, -0.25) is 0 Å². The van der Waals surface area contributed by atoms with E-state index < -0.39 is 6.04 Å². The van der Waals surface area contributed by atoms with E-state index in [-0.39, 0.29) is 0 Å². The van der Waals surface area contributed by atoms with Gasteiger partial charge in [0.25, 0.3) is 0 Å². The van der Waals surface area contributed by atoms with Crippen molar-refractivity contribution < 1.29 is 4.79 Å². The van der Waals surface area contributed by atoms with Gasteiger partial charge in [-0.2, -0.15) is 0 Å². The molecule has 94 valence electrons. The molecule has 1 atom stereocenters. The summed E-state index contributed by atoms with van der Waals surface area (Å²) in [5.41, 5.74) is 9.02. The Balaban J connectivity index is 2.16. The second-order valence-corrected chi connectivity index (χ2v) is 4.14. The first-order valence-electron chi connectivity index (χ1n) is 5.73. The lowest BCUT2D eigenvalue weighted by molar-refractivity contribution is -0.109. The zero-order valence-electron chi connectivity index (χ0n) is 9.95. The molecule has 1 aliphatic rings. The van der Waals surface area contributed by atoms with Crippen LogP contribution in [0.4, 0.5) is 5.82 Å². The number of aldehydes is 1. The Kier molecular flexibility index (Phi) is 2.68. The molecule has 3 N–H and O–H groups in total. The van der Waals surface area contributed by atoms with Crippen molar-refractivity contribution in [1.29, 1.82) is 0 Å². The Morgan fingerprint density at radius 1 is 1.32 bits per heavy atom. The summed E-state index contributed by atoms with van der Waals surface area (Å²) in [6.45, 7) is 0. The zero-order chi connectivity index (χ0) is 13.2. The number of aromatic nitrogens is 3. The summed E-state index contributed by atoms with van der Waals surface area (Å²) in [7, 11) is 0. The molecule has 2 aromatic rings. The summed E-state index contributed by atoms with van der Waals surface area (Å²) >= 11 is 0. The van der Waals surface area contributed by atoms with Crippen LogP contribution in [0, 0.1) is 0 Å². The number of hydrogen-bond donors (Lipinski definition) is 2. The molecule has 2 aromatic heterocycles. The maximum Gasteiger partial charge on any atom is 0.146 e. The van der Waals surface area contributed by atoms with E-state index in [4.69, 9.17) is 5.73 Å². The highest BCUT2D eigenvalue weighted by Crippen LogP contribution is 2.30. The summed E-state index contributed by atoms with van der Waals surface area (Å²) in [4.78, 5) is 23.3. The number of nitrogen functional groups attached to an aromatic ring is 1. The fraction of sp³-hybridized carbons (Fsp3) is 0.0769. The molecular formula is C13H11N5O. The van der Waals surface area contributed by atoms with Crippen molar-refractivity contribution in [1.82, 2.24) is 20.3 Å². The first-order valence-corrected chi connectivity index (χ1v) is 5.73. The molecule has 3 heterocycles. The molecule has 0 spiro atoms. The molecule has 19 heavy (non-hydrogen) atoms. The van der Waals surface area contributed by atoms with Gasteiger partial charge in [-0.25, -0.2) is 15.0 Å². The molecule has 0 saturated heterocycles. The number of nitrogens with one attached hydrogen (secondary N) is 1. The molecule has 1 aliphatic heterocycles. The fourth-order valence-corrected chi connectivity index (χ4v) is 2.08. The van der Waals surface area contributed by atoms with Gasteiger partial charge in [0, 0.05) is 23.5 Å². The summed E-state index contributed by atoms with van der Waals surface area (Å²) < 4.78 is 0. The molecule has 0 saturated carbocycles. The lowest BCUT2D eigenvalue weighted by atomic mass is 9.98. The van der Waals surface area contributed by atoms with Crippen LogP contribution in [0.3, 0.4) is 0 Å². The van der Waals surface area contributed by atoms with E-state index in [9.17, 15) is 4.79 Å². The average molecular weight is 253 g/mol. The molecule has 0 amide bonds. The first-order chi connectivity index (χ1) is 9.29. The largest absolute Gasteiger partial charge is 0.383 e. The second-order valence-electron chi connectivity index (χ2n) is 4.14. The van der Waals surface area contributed by atoms with E-state index >= 15 is 0 Å². The highest BCUT2D eigenvalue weighted by Gasteiger charge is 2.20. The standard InChI is InChI=1S/C13H11N5O/c14-13-12-8(1-2-17-11(12)6-19)3-10(18-13)9-4-15-7-16-5-9/h1-7,11,17H,(H2,14,18). The number of fused-ring (bicyclic) bond motifs is 1. The summed E-state index contributed by atoms with van der Waals surface area (Å²) in [5, 5.41) is 2.93. The Bertz CT molecular complexity index is 654. The monoisotopic (exact) mass is 253 g/mol. The lowest BCUT2D eigenvalue weighted by Gasteiger charge is -2.20. The summed E-state index contributed by atoms with van der Waals surface area (Å²) in [5.74, 6) is 0.338. The van der Waals surface area contributed by atoms with Gasteiger partial charge in [0.15, 0.2) is 0 Å². The molecule has 6 heteroatoms. The van der Waals surface area contributed by atoms with E-state index in [0.29, 0.717) is 17.1 Å². The number of hydrogen-bond acceptors (Lipinski definition) is 6. The fourth-order valence-electron chi connectivity index (χ4n) is 2.08. The highest BCUT2D eigenvalue weighted by molar-refractivity contribution is 5.77. The van der Waals surface area contributed by atoms with Gasteiger partial charge < -0.3 is 15.8 Å². The molecule has 3 rings (SSSR count). The topological polar surface area (TPSA) is 93.8 Å². The van der Waals surface area contributed by atoms with Crippen LogP contribution < -0.4 is 11.1 Å². The van der Waals surface area contributed by atoms with Crippen molar-refractivity contribution in [3.63, 3.8) is 0 Å². The Labute approximate surface area is 109 Å². The molecule has 0 bridgehead atoms. The predicted molar refractivity (Wildman–Crippen MR) is 70.7 cm³/mol. The predicted octanol–water partition coefficient (Wildman–Crippen LogP) is 0.935. The Hall–Kier alpha value is -2.76. The van der Waals surface area contributed by atoms with Gasteiger partial charge >= 0.3 is 0 Å². The molecular weight excluding hydrogens is 242 g/mol. The molecule has 0 aliphatic carbocycles. The minimum atomic E-state index is -0.450. The number of pyridine rings is 1. The number of rotatable bonds is 2. The van der Waals surface area contributed by atoms with E-state index in [1.807, 2.05) is 12.1 Å². The van der Waals surface area contributed by atoms with E-state index in [1.165, 1.54) is 6.33 Å². The van der Waals surface area contributed by atoms with E-state index in [1.54, 1.807) is 18.6 Å². The number of carbonyl (C=O) groups is 1. The number of nitrogens with zero attached hydrogens (tertiary/aromatic N) is 3. The molecule has 6 nitrogen and oxygen atoms in total. The summed E-state index contributed by atoms with van der Waals surface area (Å²) in [6, 6.07) is 1.42. The van der Waals surface area contributed by atoms with Crippen LogP contribution in [0.1, 0.15) is 17.2 Å². The quantitative estimate of drug-likeness (QED) is 0.773. The zero-order valence-corrected chi connectivity index (χ0v) is 9.95. The van der Waals surface area contributed by atoms with Crippen LogP contribution in [0.25, 0.3) is 17.3 Å². The van der Waals surface area contributed by atoms with Crippen LogP contribution in [-0.2, 0) is 4.79 Å². The molecule has 0 radical (unpaired) electrons. The van der Waals surface area contributed by atoms with Crippen molar-refractivity contribution in [3.8, 4) is 11.3 Å². The minimum Gasteiger partial charge on any atom is -0.383 e. The van der Waals surface area contributed by atoms with Gasteiger partial charge in [-0.15, -0.1) is 0 Å². The lowest BCUT2D eigenvalue weighted by Crippen LogP contribution is -2.22. The third kappa shape index (κ3) is 1.93. The van der Waals surface area contributed by atoms with Gasteiger partial charge in [-0.1, -0.05) is 0 Å². The van der Waals surface area contributed by atoms with Crippen LogP contribution >= 0.6 is 0 Å². The van der Waals surface area contributed by atoms with Crippen molar-refractivity contribution in [2.24, 2.45) is 0 Å². The van der Waals surface area contributed by atoms with Crippen LogP contribution in [-0.4, -0.2) is 21.2 Å². The molecule has 0 fully saturated rings. The molecule has 1 unspecified atom stereocenters. The van der Waals surface area contributed by atoms with E-state index in [0.717, 1.165) is 17.4 Å². The average Bonchev–Trinajstić information content (AvgIpc) is 2.47. The van der Waals surface area contributed by atoms with Crippen molar-refractivity contribution >= 4 is 18.2 Å². The normalized spacial score (nSPS) is 16.5. The van der Waals surface area contributed by atoms with Gasteiger partial charge in [0.1, 0.15) is 24.5 Å². The van der Waals surface area contributed by atoms with Crippen molar-refractivity contribution in [2.75, 3.05) is 5.73 Å². The van der Waals surface area contributed by atoms with E-state index in [2.05, 4.69) is 20.3 Å². The molecule has 0 aromatic carbocycles. The van der Waals surface area contributed by atoms with Gasteiger partial charge in [0.2, 0.25) is 0 Å². The van der Waals surface area contributed by atoms with Crippen LogP contribution in [0.15, 0.2) is 31.0 Å². The summed E-state index contributed by atoms with van der Waals surface area (Å²) in [6.07, 6.45) is 9.20.